The minimum Gasteiger partial charge on any atom is -0.368 e. The van der Waals surface area contributed by atoms with E-state index < -0.39 is 0 Å². The van der Waals surface area contributed by atoms with Crippen LogP contribution >= 0.6 is 0 Å². The molecule has 0 amide bonds. The number of anilines is 3. The Balaban J connectivity index is 1.98. The number of hydrogen-bond acceptors (Lipinski definition) is 5. The summed E-state index contributed by atoms with van der Waals surface area (Å²) in [5, 5.41) is 6.63. The van der Waals surface area contributed by atoms with E-state index in [1.54, 1.807) is 6.20 Å². The van der Waals surface area contributed by atoms with Crippen molar-refractivity contribution in [3.05, 3.63) is 60.8 Å². The second-order valence-electron chi connectivity index (χ2n) is 5.47. The van der Waals surface area contributed by atoms with E-state index in [-0.39, 0.29) is 6.04 Å². The Kier molecular flexibility index (Phi) is 4.47. The molecule has 0 bridgehead atoms. The number of hydrogen-bond donors (Lipinski definition) is 2. The SMILES string of the molecule is CC(C)Nc1cc(Nc2ccccc2)nc(-c2ccccn2)n1. The lowest BCUT2D eigenvalue weighted by Crippen LogP contribution is -2.12. The lowest BCUT2D eigenvalue weighted by molar-refractivity contribution is 0.887. The van der Waals surface area contributed by atoms with E-state index in [2.05, 4.69) is 39.4 Å². The van der Waals surface area contributed by atoms with Crippen LogP contribution in [0.3, 0.4) is 0 Å². The van der Waals surface area contributed by atoms with Gasteiger partial charge in [0.25, 0.3) is 0 Å². The number of pyridine rings is 1. The lowest BCUT2D eigenvalue weighted by Gasteiger charge is -2.13. The van der Waals surface area contributed by atoms with Gasteiger partial charge in [-0.25, -0.2) is 9.97 Å². The predicted octanol–water partition coefficient (Wildman–Crippen LogP) is 4.10. The van der Waals surface area contributed by atoms with Crippen molar-refractivity contribution in [2.24, 2.45) is 0 Å². The molecule has 0 aliphatic carbocycles. The van der Waals surface area contributed by atoms with Crippen molar-refractivity contribution in [2.75, 3.05) is 10.6 Å². The number of aromatic nitrogens is 3. The molecule has 0 radical (unpaired) electrons. The molecule has 2 aromatic heterocycles. The molecule has 0 saturated heterocycles. The monoisotopic (exact) mass is 305 g/mol. The van der Waals surface area contributed by atoms with Crippen LogP contribution in [-0.4, -0.2) is 21.0 Å². The van der Waals surface area contributed by atoms with Gasteiger partial charge < -0.3 is 10.6 Å². The molecule has 5 heteroatoms. The molecule has 0 aliphatic heterocycles. The van der Waals surface area contributed by atoms with Crippen LogP contribution in [0.1, 0.15) is 13.8 Å². The van der Waals surface area contributed by atoms with Crippen molar-refractivity contribution in [1.29, 1.82) is 0 Å². The quantitative estimate of drug-likeness (QED) is 0.743. The maximum absolute atomic E-state index is 4.58. The summed E-state index contributed by atoms with van der Waals surface area (Å²) in [6, 6.07) is 17.8. The van der Waals surface area contributed by atoms with E-state index >= 15 is 0 Å². The molecule has 2 heterocycles. The van der Waals surface area contributed by atoms with Gasteiger partial charge in [0.15, 0.2) is 5.82 Å². The van der Waals surface area contributed by atoms with Crippen molar-refractivity contribution in [2.45, 2.75) is 19.9 Å². The average molecular weight is 305 g/mol. The Morgan fingerprint density at radius 3 is 2.30 bits per heavy atom. The van der Waals surface area contributed by atoms with Gasteiger partial charge in [-0.3, -0.25) is 4.98 Å². The summed E-state index contributed by atoms with van der Waals surface area (Å²) in [4.78, 5) is 13.5. The van der Waals surface area contributed by atoms with Gasteiger partial charge in [-0.1, -0.05) is 24.3 Å². The molecule has 0 saturated carbocycles. The maximum atomic E-state index is 4.58. The first kappa shape index (κ1) is 15.0. The molecule has 0 aliphatic rings. The van der Waals surface area contributed by atoms with E-state index in [0.29, 0.717) is 5.82 Å². The second kappa shape index (κ2) is 6.87. The fourth-order valence-electron chi connectivity index (χ4n) is 2.16. The lowest BCUT2D eigenvalue weighted by atomic mass is 10.3. The molecule has 1 aromatic carbocycles. The Bertz CT molecular complexity index is 757. The third kappa shape index (κ3) is 4.03. The van der Waals surface area contributed by atoms with Gasteiger partial charge in [-0.05, 0) is 38.1 Å². The van der Waals surface area contributed by atoms with Crippen molar-refractivity contribution in [3.8, 4) is 11.5 Å². The van der Waals surface area contributed by atoms with Crippen LogP contribution in [-0.2, 0) is 0 Å². The number of nitrogens with one attached hydrogen (secondary N) is 2. The molecular formula is C18H19N5. The smallest absolute Gasteiger partial charge is 0.182 e. The Morgan fingerprint density at radius 1 is 0.870 bits per heavy atom. The number of benzene rings is 1. The molecule has 5 nitrogen and oxygen atoms in total. The van der Waals surface area contributed by atoms with Gasteiger partial charge in [0.2, 0.25) is 0 Å². The largest absolute Gasteiger partial charge is 0.368 e. The number of nitrogens with zero attached hydrogens (tertiary/aromatic N) is 3. The minimum absolute atomic E-state index is 0.283. The van der Waals surface area contributed by atoms with E-state index in [9.17, 15) is 0 Å². The van der Waals surface area contributed by atoms with E-state index in [1.807, 2.05) is 54.6 Å². The molecule has 0 spiro atoms. The summed E-state index contributed by atoms with van der Waals surface area (Å²) < 4.78 is 0. The molecule has 0 fully saturated rings. The van der Waals surface area contributed by atoms with E-state index in [4.69, 9.17) is 0 Å². The first-order chi connectivity index (χ1) is 11.2. The Labute approximate surface area is 135 Å². The van der Waals surface area contributed by atoms with E-state index in [0.717, 1.165) is 23.0 Å². The van der Waals surface area contributed by atoms with Crippen LogP contribution in [0.5, 0.6) is 0 Å². The zero-order valence-electron chi connectivity index (χ0n) is 13.2. The van der Waals surface area contributed by atoms with Crippen molar-refractivity contribution in [3.63, 3.8) is 0 Å². The molecule has 0 unspecified atom stereocenters. The first-order valence-corrected chi connectivity index (χ1v) is 7.60. The van der Waals surface area contributed by atoms with Gasteiger partial charge in [-0.15, -0.1) is 0 Å². The van der Waals surface area contributed by atoms with Crippen LogP contribution in [0.15, 0.2) is 60.8 Å². The molecule has 2 N–H and O–H groups in total. The third-order valence-electron chi connectivity index (χ3n) is 3.10. The molecule has 116 valence electrons. The topological polar surface area (TPSA) is 62.7 Å². The van der Waals surface area contributed by atoms with Crippen LogP contribution in [0.25, 0.3) is 11.5 Å². The molecule has 23 heavy (non-hydrogen) atoms. The van der Waals surface area contributed by atoms with E-state index in [1.165, 1.54) is 0 Å². The van der Waals surface area contributed by atoms with Crippen molar-refractivity contribution < 1.29 is 0 Å². The van der Waals surface area contributed by atoms with Gasteiger partial charge >= 0.3 is 0 Å². The first-order valence-electron chi connectivity index (χ1n) is 7.60. The van der Waals surface area contributed by atoms with Crippen molar-refractivity contribution in [1.82, 2.24) is 15.0 Å². The molecule has 0 atom stereocenters. The van der Waals surface area contributed by atoms with Crippen LogP contribution in [0.4, 0.5) is 17.3 Å². The summed E-state index contributed by atoms with van der Waals surface area (Å²) >= 11 is 0. The number of rotatable bonds is 5. The van der Waals surface area contributed by atoms with Crippen molar-refractivity contribution >= 4 is 17.3 Å². The van der Waals surface area contributed by atoms with Gasteiger partial charge in [0.1, 0.15) is 17.3 Å². The molecular weight excluding hydrogens is 286 g/mol. The third-order valence-corrected chi connectivity index (χ3v) is 3.10. The highest BCUT2D eigenvalue weighted by Crippen LogP contribution is 2.21. The maximum Gasteiger partial charge on any atom is 0.182 e. The summed E-state index contributed by atoms with van der Waals surface area (Å²) in [7, 11) is 0. The second-order valence-corrected chi connectivity index (χ2v) is 5.47. The predicted molar refractivity (Wildman–Crippen MR) is 93.7 cm³/mol. The highest BCUT2D eigenvalue weighted by Gasteiger charge is 2.09. The Morgan fingerprint density at radius 2 is 1.61 bits per heavy atom. The molecule has 3 aromatic rings. The normalized spacial score (nSPS) is 10.6. The minimum atomic E-state index is 0.283. The zero-order chi connectivity index (χ0) is 16.1. The highest BCUT2D eigenvalue weighted by atomic mass is 15.1. The number of para-hydroxylation sites is 1. The highest BCUT2D eigenvalue weighted by molar-refractivity contribution is 5.63. The average Bonchev–Trinajstić information content (AvgIpc) is 2.56. The van der Waals surface area contributed by atoms with Crippen LogP contribution in [0.2, 0.25) is 0 Å². The summed E-state index contributed by atoms with van der Waals surface area (Å²) in [5.41, 5.74) is 1.73. The summed E-state index contributed by atoms with van der Waals surface area (Å²) in [6.45, 7) is 4.15. The van der Waals surface area contributed by atoms with Gasteiger partial charge in [0, 0.05) is 24.0 Å². The van der Waals surface area contributed by atoms with Gasteiger partial charge in [0.05, 0.1) is 0 Å². The molecule has 3 rings (SSSR count). The summed E-state index contributed by atoms with van der Waals surface area (Å²) in [6.07, 6.45) is 1.74. The van der Waals surface area contributed by atoms with Gasteiger partial charge in [-0.2, -0.15) is 0 Å². The van der Waals surface area contributed by atoms with Crippen LogP contribution < -0.4 is 10.6 Å². The zero-order valence-corrected chi connectivity index (χ0v) is 13.2. The standard InChI is InChI=1S/C18H19N5/c1-13(2)20-16-12-17(21-14-8-4-3-5-9-14)23-18(22-16)15-10-6-7-11-19-15/h3-13H,1-2H3,(H2,20,21,22,23). The fourth-order valence-corrected chi connectivity index (χ4v) is 2.16. The fraction of sp³-hybridized carbons (Fsp3) is 0.167. The summed E-state index contributed by atoms with van der Waals surface area (Å²) in [5.74, 6) is 2.10. The van der Waals surface area contributed by atoms with Crippen LogP contribution in [0, 0.1) is 0 Å². The Hall–Kier alpha value is -2.95.